The Labute approximate surface area is 154 Å². The number of nitrogens with zero attached hydrogens (tertiary/aromatic N) is 6. The van der Waals surface area contributed by atoms with Gasteiger partial charge in [-0.15, -0.1) is 0 Å². The first kappa shape index (κ1) is 19.2. The summed E-state index contributed by atoms with van der Waals surface area (Å²) in [6, 6.07) is 8.58. The molecular weight excluding hydrogens is 354 g/mol. The molecule has 0 saturated heterocycles. The molecule has 0 unspecified atom stereocenters. The van der Waals surface area contributed by atoms with E-state index in [1.807, 2.05) is 12.1 Å². The van der Waals surface area contributed by atoms with Crippen molar-refractivity contribution in [2.75, 3.05) is 37.5 Å². The highest BCUT2D eigenvalue weighted by atomic mass is 16.6. The molecule has 0 fully saturated rings. The second-order valence-electron chi connectivity index (χ2n) is 5.02. The number of anilines is 3. The SMILES string of the molecule is COc1ccc(Nc2ncnc(N(CC#N)CC#N)c2[N+](=O)[O-])c(OC)c1. The normalized spacial score (nSPS) is 9.63. The zero-order valence-electron chi connectivity index (χ0n) is 14.5. The van der Waals surface area contributed by atoms with Crippen LogP contribution in [0.4, 0.5) is 23.0 Å². The minimum absolute atomic E-state index is 0.102. The van der Waals surface area contributed by atoms with E-state index in [1.54, 1.807) is 18.2 Å². The molecule has 11 nitrogen and oxygen atoms in total. The molecule has 2 rings (SSSR count). The smallest absolute Gasteiger partial charge is 0.353 e. The monoisotopic (exact) mass is 369 g/mol. The van der Waals surface area contributed by atoms with Gasteiger partial charge in [-0.3, -0.25) is 10.1 Å². The average molecular weight is 369 g/mol. The van der Waals surface area contributed by atoms with Gasteiger partial charge in [0.1, 0.15) is 30.9 Å². The second kappa shape index (κ2) is 8.82. The number of hydrogen-bond acceptors (Lipinski definition) is 10. The van der Waals surface area contributed by atoms with E-state index in [0.717, 1.165) is 6.33 Å². The molecule has 27 heavy (non-hydrogen) atoms. The molecule has 0 aliphatic rings. The lowest BCUT2D eigenvalue weighted by Crippen LogP contribution is -2.26. The van der Waals surface area contributed by atoms with E-state index in [4.69, 9.17) is 20.0 Å². The van der Waals surface area contributed by atoms with Gasteiger partial charge in [0.25, 0.3) is 0 Å². The van der Waals surface area contributed by atoms with Crippen molar-refractivity contribution in [2.45, 2.75) is 0 Å². The van der Waals surface area contributed by atoms with Gasteiger partial charge < -0.3 is 19.7 Å². The van der Waals surface area contributed by atoms with Gasteiger partial charge in [-0.05, 0) is 12.1 Å². The van der Waals surface area contributed by atoms with E-state index in [0.29, 0.717) is 17.2 Å². The van der Waals surface area contributed by atoms with Crippen LogP contribution in [0, 0.1) is 32.8 Å². The molecule has 11 heteroatoms. The minimum atomic E-state index is -0.671. The van der Waals surface area contributed by atoms with Gasteiger partial charge in [0.2, 0.25) is 11.6 Å². The summed E-state index contributed by atoms with van der Waals surface area (Å²) in [6.07, 6.45) is 1.11. The van der Waals surface area contributed by atoms with Crippen LogP contribution in [0.1, 0.15) is 0 Å². The van der Waals surface area contributed by atoms with E-state index >= 15 is 0 Å². The number of nitriles is 2. The third-order valence-electron chi connectivity index (χ3n) is 3.47. The number of rotatable bonds is 8. The fourth-order valence-corrected chi connectivity index (χ4v) is 2.27. The number of nitrogens with one attached hydrogen (secondary N) is 1. The fraction of sp³-hybridized carbons (Fsp3) is 0.250. The molecule has 0 amide bonds. The first-order valence-electron chi connectivity index (χ1n) is 7.53. The van der Waals surface area contributed by atoms with Crippen LogP contribution in [0.5, 0.6) is 11.5 Å². The van der Waals surface area contributed by atoms with Gasteiger partial charge >= 0.3 is 5.69 Å². The van der Waals surface area contributed by atoms with Gasteiger partial charge in [0, 0.05) is 6.07 Å². The van der Waals surface area contributed by atoms with Crippen LogP contribution in [0.25, 0.3) is 0 Å². The lowest BCUT2D eigenvalue weighted by atomic mass is 10.2. The van der Waals surface area contributed by atoms with Crippen molar-refractivity contribution in [1.82, 2.24) is 9.97 Å². The minimum Gasteiger partial charge on any atom is -0.497 e. The fourth-order valence-electron chi connectivity index (χ4n) is 2.27. The molecule has 138 valence electrons. The van der Waals surface area contributed by atoms with Crippen LogP contribution < -0.4 is 19.7 Å². The Bertz CT molecular complexity index is 904. The molecule has 2 aromatic rings. The summed E-state index contributed by atoms with van der Waals surface area (Å²) in [4.78, 5) is 20.0. The zero-order valence-corrected chi connectivity index (χ0v) is 14.5. The van der Waals surface area contributed by atoms with Crippen LogP contribution in [-0.2, 0) is 0 Å². The molecule has 1 aromatic carbocycles. The first-order chi connectivity index (χ1) is 13.0. The lowest BCUT2D eigenvalue weighted by Gasteiger charge is -2.18. The third-order valence-corrected chi connectivity index (χ3v) is 3.47. The Balaban J connectivity index is 2.52. The topological polar surface area (TPSA) is 150 Å². The maximum Gasteiger partial charge on any atom is 0.353 e. The first-order valence-corrected chi connectivity index (χ1v) is 7.53. The van der Waals surface area contributed by atoms with E-state index in [2.05, 4.69) is 15.3 Å². The number of ether oxygens (including phenoxy) is 2. The molecule has 0 aliphatic carbocycles. The number of nitro groups is 1. The highest BCUT2D eigenvalue weighted by molar-refractivity contribution is 5.77. The maximum atomic E-state index is 11.6. The molecule has 1 N–H and O–H groups in total. The van der Waals surface area contributed by atoms with Crippen LogP contribution in [0.15, 0.2) is 24.5 Å². The van der Waals surface area contributed by atoms with Crippen LogP contribution >= 0.6 is 0 Å². The van der Waals surface area contributed by atoms with E-state index < -0.39 is 10.6 Å². The Hall–Kier alpha value is -4.12. The summed E-state index contributed by atoms with van der Waals surface area (Å²) in [7, 11) is 2.95. The predicted octanol–water partition coefficient (Wildman–Crippen LogP) is 2.00. The molecule has 0 spiro atoms. The summed E-state index contributed by atoms with van der Waals surface area (Å²) in [5.41, 5.74) is -0.0426. The van der Waals surface area contributed by atoms with Gasteiger partial charge in [0.05, 0.1) is 37.0 Å². The third kappa shape index (κ3) is 4.29. The largest absolute Gasteiger partial charge is 0.497 e. The van der Waals surface area contributed by atoms with Crippen LogP contribution in [0.3, 0.4) is 0 Å². The Morgan fingerprint density at radius 1 is 1.22 bits per heavy atom. The van der Waals surface area contributed by atoms with Crippen molar-refractivity contribution in [3.05, 3.63) is 34.6 Å². The van der Waals surface area contributed by atoms with Crippen molar-refractivity contribution < 1.29 is 14.4 Å². The van der Waals surface area contributed by atoms with E-state index in [1.165, 1.54) is 19.1 Å². The summed E-state index contributed by atoms with van der Waals surface area (Å²) in [5.74, 6) is 0.696. The molecule has 0 radical (unpaired) electrons. The van der Waals surface area contributed by atoms with Crippen LogP contribution in [-0.4, -0.2) is 42.2 Å². The van der Waals surface area contributed by atoms with Gasteiger partial charge in [-0.2, -0.15) is 10.5 Å². The van der Waals surface area contributed by atoms with Crippen molar-refractivity contribution in [3.63, 3.8) is 0 Å². The molecule has 0 bridgehead atoms. The Kier molecular flexibility index (Phi) is 6.28. The predicted molar refractivity (Wildman–Crippen MR) is 95.0 cm³/mol. The summed E-state index contributed by atoms with van der Waals surface area (Å²) in [5, 5.41) is 32.3. The second-order valence-corrected chi connectivity index (χ2v) is 5.02. The standard InChI is InChI=1S/C16H15N7O4/c1-26-11-3-4-12(13(9-11)27-2)21-15-14(23(24)25)16(20-10-19-15)22(7-5-17)8-6-18/h3-4,9-10H,7-8H2,1-2H3,(H,19,20,21). The number of methoxy groups -OCH3 is 2. The van der Waals surface area contributed by atoms with Gasteiger partial charge in [-0.1, -0.05) is 0 Å². The zero-order chi connectivity index (χ0) is 19.8. The molecule has 0 aliphatic heterocycles. The van der Waals surface area contributed by atoms with Crippen molar-refractivity contribution in [2.24, 2.45) is 0 Å². The van der Waals surface area contributed by atoms with Gasteiger partial charge in [0.15, 0.2) is 0 Å². The molecule has 1 aromatic heterocycles. The highest BCUT2D eigenvalue weighted by Crippen LogP contribution is 2.37. The average Bonchev–Trinajstić information content (AvgIpc) is 2.67. The molecule has 0 saturated carbocycles. The quantitative estimate of drug-likeness (QED) is 0.415. The molecule has 0 atom stereocenters. The lowest BCUT2D eigenvalue weighted by molar-refractivity contribution is -0.383. The van der Waals surface area contributed by atoms with Gasteiger partial charge in [-0.25, -0.2) is 9.97 Å². The summed E-state index contributed by atoms with van der Waals surface area (Å²) >= 11 is 0. The van der Waals surface area contributed by atoms with E-state index in [-0.39, 0.29) is 24.7 Å². The van der Waals surface area contributed by atoms with Crippen molar-refractivity contribution in [1.29, 1.82) is 10.5 Å². The van der Waals surface area contributed by atoms with Crippen molar-refractivity contribution in [3.8, 4) is 23.6 Å². The molecule has 1 heterocycles. The Morgan fingerprint density at radius 3 is 2.48 bits per heavy atom. The van der Waals surface area contributed by atoms with Crippen molar-refractivity contribution >= 4 is 23.0 Å². The van der Waals surface area contributed by atoms with Crippen LogP contribution in [0.2, 0.25) is 0 Å². The number of hydrogen-bond donors (Lipinski definition) is 1. The number of aromatic nitrogens is 2. The number of benzene rings is 1. The Morgan fingerprint density at radius 2 is 1.93 bits per heavy atom. The van der Waals surface area contributed by atoms with E-state index in [9.17, 15) is 10.1 Å². The molecular formula is C16H15N7O4. The summed E-state index contributed by atoms with van der Waals surface area (Å²) in [6.45, 7) is -0.479. The summed E-state index contributed by atoms with van der Waals surface area (Å²) < 4.78 is 10.4. The highest BCUT2D eigenvalue weighted by Gasteiger charge is 2.27. The maximum absolute atomic E-state index is 11.6.